The quantitative estimate of drug-likeness (QED) is 0.806. The Hall–Kier alpha value is -3.26. The number of anilines is 1. The van der Waals surface area contributed by atoms with Gasteiger partial charge in [0.1, 0.15) is 0 Å². The molecule has 0 aromatic heterocycles. The molecule has 152 valence electrons. The smallest absolute Gasteiger partial charge is 0.317 e. The number of rotatable bonds is 5. The number of nitrogens with one attached hydrogen (secondary N) is 2. The summed E-state index contributed by atoms with van der Waals surface area (Å²) in [5, 5.41) is 5.44. The van der Waals surface area contributed by atoms with E-state index < -0.39 is 0 Å². The molecular weight excluding hydrogens is 372 g/mol. The zero-order valence-electron chi connectivity index (χ0n) is 16.1. The van der Waals surface area contributed by atoms with E-state index in [1.165, 1.54) is 5.56 Å². The first-order valence-corrected chi connectivity index (χ1v) is 9.66. The van der Waals surface area contributed by atoms with E-state index >= 15 is 0 Å². The van der Waals surface area contributed by atoms with Crippen molar-refractivity contribution in [3.05, 3.63) is 54.1 Å². The molecule has 2 N–H and O–H groups in total. The summed E-state index contributed by atoms with van der Waals surface area (Å²) in [7, 11) is 0. The SMILES string of the molecule is O=C(CNC(=O)N1CCN(Cc2ccccc2)CC1)Nc1ccc2c(c1)OCO2. The van der Waals surface area contributed by atoms with Crippen LogP contribution in [0.3, 0.4) is 0 Å². The van der Waals surface area contributed by atoms with E-state index in [4.69, 9.17) is 9.47 Å². The first-order chi connectivity index (χ1) is 14.2. The molecule has 3 amide bonds. The number of piperazine rings is 1. The van der Waals surface area contributed by atoms with Crippen LogP contribution in [0.15, 0.2) is 48.5 Å². The molecule has 8 heteroatoms. The van der Waals surface area contributed by atoms with Crippen LogP contribution < -0.4 is 20.1 Å². The summed E-state index contributed by atoms with van der Waals surface area (Å²) in [6, 6.07) is 15.3. The van der Waals surface area contributed by atoms with Crippen LogP contribution in [0, 0.1) is 0 Å². The monoisotopic (exact) mass is 396 g/mol. The Labute approximate surface area is 169 Å². The van der Waals surface area contributed by atoms with Crippen molar-refractivity contribution in [2.45, 2.75) is 6.54 Å². The van der Waals surface area contributed by atoms with Crippen molar-refractivity contribution in [1.29, 1.82) is 0 Å². The third-order valence-electron chi connectivity index (χ3n) is 4.97. The molecule has 1 saturated heterocycles. The third-order valence-corrected chi connectivity index (χ3v) is 4.97. The predicted octanol–water partition coefficient (Wildman–Crippen LogP) is 1.88. The number of carbonyl (C=O) groups is 2. The topological polar surface area (TPSA) is 83.1 Å². The average Bonchev–Trinajstić information content (AvgIpc) is 3.21. The Bertz CT molecular complexity index is 866. The summed E-state index contributed by atoms with van der Waals surface area (Å²) in [4.78, 5) is 28.6. The van der Waals surface area contributed by atoms with Crippen molar-refractivity contribution < 1.29 is 19.1 Å². The van der Waals surface area contributed by atoms with Gasteiger partial charge in [0.05, 0.1) is 6.54 Å². The fourth-order valence-electron chi connectivity index (χ4n) is 3.40. The lowest BCUT2D eigenvalue weighted by Crippen LogP contribution is -2.52. The zero-order chi connectivity index (χ0) is 20.1. The summed E-state index contributed by atoms with van der Waals surface area (Å²) >= 11 is 0. The lowest BCUT2D eigenvalue weighted by atomic mass is 10.2. The Morgan fingerprint density at radius 1 is 0.931 bits per heavy atom. The minimum absolute atomic E-state index is 0.0858. The molecule has 2 aromatic carbocycles. The highest BCUT2D eigenvalue weighted by molar-refractivity contribution is 5.94. The van der Waals surface area contributed by atoms with Crippen LogP contribution in [0.4, 0.5) is 10.5 Å². The van der Waals surface area contributed by atoms with Gasteiger partial charge in [-0.2, -0.15) is 0 Å². The fourth-order valence-corrected chi connectivity index (χ4v) is 3.40. The second kappa shape index (κ2) is 8.83. The summed E-state index contributed by atoms with van der Waals surface area (Å²) in [6.45, 7) is 3.88. The molecule has 0 unspecified atom stereocenters. The largest absolute Gasteiger partial charge is 0.454 e. The van der Waals surface area contributed by atoms with E-state index in [1.54, 1.807) is 23.1 Å². The molecule has 0 radical (unpaired) electrons. The van der Waals surface area contributed by atoms with Gasteiger partial charge in [-0.1, -0.05) is 30.3 Å². The van der Waals surface area contributed by atoms with Gasteiger partial charge in [-0.25, -0.2) is 4.79 Å². The molecule has 2 heterocycles. The lowest BCUT2D eigenvalue weighted by molar-refractivity contribution is -0.115. The lowest BCUT2D eigenvalue weighted by Gasteiger charge is -2.34. The van der Waals surface area contributed by atoms with Crippen LogP contribution in [0.5, 0.6) is 11.5 Å². The number of hydrogen-bond donors (Lipinski definition) is 2. The Morgan fingerprint density at radius 3 is 2.48 bits per heavy atom. The fraction of sp³-hybridized carbons (Fsp3) is 0.333. The number of benzene rings is 2. The van der Waals surface area contributed by atoms with Gasteiger partial charge >= 0.3 is 6.03 Å². The second-order valence-corrected chi connectivity index (χ2v) is 7.02. The first kappa shape index (κ1) is 19.1. The number of hydrogen-bond acceptors (Lipinski definition) is 5. The average molecular weight is 396 g/mol. The van der Waals surface area contributed by atoms with Crippen LogP contribution in [-0.4, -0.2) is 61.3 Å². The van der Waals surface area contributed by atoms with Crippen molar-refractivity contribution in [3.63, 3.8) is 0 Å². The first-order valence-electron chi connectivity index (χ1n) is 9.66. The number of fused-ring (bicyclic) bond motifs is 1. The molecule has 0 saturated carbocycles. The van der Waals surface area contributed by atoms with E-state index in [-0.39, 0.29) is 25.3 Å². The maximum Gasteiger partial charge on any atom is 0.317 e. The molecular formula is C21H24N4O4. The van der Waals surface area contributed by atoms with E-state index in [1.807, 2.05) is 18.2 Å². The van der Waals surface area contributed by atoms with E-state index in [2.05, 4.69) is 27.7 Å². The second-order valence-electron chi connectivity index (χ2n) is 7.02. The molecule has 1 fully saturated rings. The van der Waals surface area contributed by atoms with E-state index in [9.17, 15) is 9.59 Å². The van der Waals surface area contributed by atoms with E-state index in [0.717, 1.165) is 19.6 Å². The highest BCUT2D eigenvalue weighted by Gasteiger charge is 2.21. The van der Waals surface area contributed by atoms with Crippen molar-refractivity contribution in [3.8, 4) is 11.5 Å². The maximum absolute atomic E-state index is 12.4. The standard InChI is InChI=1S/C21H24N4O4/c26-20(23-17-6-7-18-19(12-17)29-15-28-18)13-22-21(27)25-10-8-24(9-11-25)14-16-4-2-1-3-5-16/h1-7,12H,8-11,13-15H2,(H,22,27)(H,23,26). The molecule has 0 atom stereocenters. The Kier molecular flexibility index (Phi) is 5.81. The van der Waals surface area contributed by atoms with Crippen LogP contribution in [0.2, 0.25) is 0 Å². The van der Waals surface area contributed by atoms with Gasteiger partial charge in [0.25, 0.3) is 0 Å². The Balaban J connectivity index is 1.18. The molecule has 0 bridgehead atoms. The Morgan fingerprint density at radius 2 is 1.69 bits per heavy atom. The van der Waals surface area contributed by atoms with Crippen molar-refractivity contribution in [1.82, 2.24) is 15.1 Å². The number of carbonyl (C=O) groups excluding carboxylic acids is 2. The van der Waals surface area contributed by atoms with Crippen LogP contribution >= 0.6 is 0 Å². The van der Waals surface area contributed by atoms with Crippen LogP contribution in [0.1, 0.15) is 5.56 Å². The molecule has 29 heavy (non-hydrogen) atoms. The van der Waals surface area contributed by atoms with Gasteiger partial charge in [-0.3, -0.25) is 9.69 Å². The summed E-state index contributed by atoms with van der Waals surface area (Å²) in [5.74, 6) is 0.961. The van der Waals surface area contributed by atoms with Crippen LogP contribution in [0.25, 0.3) is 0 Å². The predicted molar refractivity (Wildman–Crippen MR) is 108 cm³/mol. The van der Waals surface area contributed by atoms with Gasteiger partial charge in [0.2, 0.25) is 12.7 Å². The summed E-state index contributed by atoms with van der Waals surface area (Å²) < 4.78 is 10.5. The zero-order valence-corrected chi connectivity index (χ0v) is 16.1. The van der Waals surface area contributed by atoms with Gasteiger partial charge in [0, 0.05) is 44.5 Å². The number of ether oxygens (including phenoxy) is 2. The number of amides is 3. The molecule has 4 rings (SSSR count). The minimum atomic E-state index is -0.292. The third kappa shape index (κ3) is 4.97. The summed E-state index contributed by atoms with van der Waals surface area (Å²) in [6.07, 6.45) is 0. The van der Waals surface area contributed by atoms with Gasteiger partial charge in [-0.05, 0) is 17.7 Å². The van der Waals surface area contributed by atoms with Gasteiger partial charge in [0.15, 0.2) is 11.5 Å². The molecule has 2 aliphatic rings. The summed E-state index contributed by atoms with van der Waals surface area (Å²) in [5.41, 5.74) is 1.87. The highest BCUT2D eigenvalue weighted by Crippen LogP contribution is 2.34. The van der Waals surface area contributed by atoms with Crippen LogP contribution in [-0.2, 0) is 11.3 Å². The van der Waals surface area contributed by atoms with Crippen molar-refractivity contribution in [2.75, 3.05) is 44.8 Å². The minimum Gasteiger partial charge on any atom is -0.454 e. The number of urea groups is 1. The molecule has 0 spiro atoms. The maximum atomic E-state index is 12.4. The normalized spacial score (nSPS) is 15.8. The van der Waals surface area contributed by atoms with Gasteiger partial charge < -0.3 is 25.0 Å². The molecule has 8 nitrogen and oxygen atoms in total. The molecule has 2 aliphatic heterocycles. The highest BCUT2D eigenvalue weighted by atomic mass is 16.7. The van der Waals surface area contributed by atoms with Crippen molar-refractivity contribution in [2.24, 2.45) is 0 Å². The van der Waals surface area contributed by atoms with Crippen molar-refractivity contribution >= 4 is 17.6 Å². The van der Waals surface area contributed by atoms with Gasteiger partial charge in [-0.15, -0.1) is 0 Å². The molecule has 2 aromatic rings. The number of nitrogens with zero attached hydrogens (tertiary/aromatic N) is 2. The van der Waals surface area contributed by atoms with E-state index in [0.29, 0.717) is 30.3 Å². The molecule has 0 aliphatic carbocycles.